The summed E-state index contributed by atoms with van der Waals surface area (Å²) < 4.78 is 27.2. The Labute approximate surface area is 170 Å². The van der Waals surface area contributed by atoms with Gasteiger partial charge in [0.1, 0.15) is 5.75 Å². The molecule has 0 heterocycles. The van der Waals surface area contributed by atoms with E-state index in [1.165, 1.54) is 14.2 Å². The fourth-order valence-electron chi connectivity index (χ4n) is 2.05. The van der Waals surface area contributed by atoms with Crippen molar-refractivity contribution in [2.24, 2.45) is 0 Å². The van der Waals surface area contributed by atoms with E-state index in [9.17, 15) is 29.7 Å². The number of halogens is 2. The van der Waals surface area contributed by atoms with E-state index in [0.717, 1.165) is 36.4 Å². The number of hydrogen-bond donors (Lipinski definition) is 1. The summed E-state index contributed by atoms with van der Waals surface area (Å²) in [6, 6.07) is 6.36. The number of ether oxygens (including phenoxy) is 2. The van der Waals surface area contributed by atoms with Crippen LogP contribution in [0.5, 0.6) is 17.2 Å². The predicted molar refractivity (Wildman–Crippen MR) is 104 cm³/mol. The molecule has 0 saturated heterocycles. The molecule has 0 aliphatic carbocycles. The van der Waals surface area contributed by atoms with Gasteiger partial charge in [0.25, 0.3) is 0 Å². The summed E-state index contributed by atoms with van der Waals surface area (Å²) in [6.45, 7) is 0. The lowest BCUT2D eigenvalue weighted by Crippen LogP contribution is -2.10. The minimum absolute atomic E-state index is 0. The van der Waals surface area contributed by atoms with Gasteiger partial charge in [0.05, 0.1) is 29.4 Å². The summed E-state index contributed by atoms with van der Waals surface area (Å²) in [5.41, 5.74) is -0.724. The predicted octanol–water partition coefficient (Wildman–Crippen LogP) is 3.25. The molecule has 2 aromatic rings. The van der Waals surface area contributed by atoms with E-state index >= 15 is 0 Å². The molecule has 0 fully saturated rings. The molecule has 1 unspecified atom stereocenters. The molecule has 0 aliphatic heterocycles. The van der Waals surface area contributed by atoms with Crippen LogP contribution in [-0.4, -0.2) is 29.0 Å². The molecular formula is C14H15Cl2N2O9P. The van der Waals surface area contributed by atoms with Crippen LogP contribution in [0.4, 0.5) is 11.4 Å². The zero-order chi connectivity index (χ0) is 19.5. The number of benzene rings is 2. The molecule has 1 atom stereocenters. The Morgan fingerprint density at radius 2 is 1.36 bits per heavy atom. The summed E-state index contributed by atoms with van der Waals surface area (Å²) in [4.78, 5) is 30.5. The molecule has 0 aromatic heterocycles. The lowest BCUT2D eigenvalue weighted by Gasteiger charge is -2.15. The highest BCUT2D eigenvalue weighted by atomic mass is 35.5. The van der Waals surface area contributed by atoms with Gasteiger partial charge in [-0.15, -0.1) is 24.8 Å². The van der Waals surface area contributed by atoms with Crippen molar-refractivity contribution < 1.29 is 33.3 Å². The summed E-state index contributed by atoms with van der Waals surface area (Å²) in [7, 11) is -2.08. The molecule has 28 heavy (non-hydrogen) atoms. The van der Waals surface area contributed by atoms with Crippen molar-refractivity contribution in [2.45, 2.75) is 0 Å². The molecule has 11 nitrogen and oxygen atoms in total. The first-order valence-electron chi connectivity index (χ1n) is 6.87. The quantitative estimate of drug-likeness (QED) is 0.375. The monoisotopic (exact) mass is 456 g/mol. The van der Waals surface area contributed by atoms with Crippen LogP contribution in [0.15, 0.2) is 36.4 Å². The van der Waals surface area contributed by atoms with Crippen LogP contribution >= 0.6 is 32.4 Å². The van der Waals surface area contributed by atoms with Crippen LogP contribution in [-0.2, 0) is 4.57 Å². The summed E-state index contributed by atoms with van der Waals surface area (Å²) in [5.74, 6) is -0.531. The van der Waals surface area contributed by atoms with Gasteiger partial charge >= 0.3 is 19.0 Å². The Morgan fingerprint density at radius 3 is 1.82 bits per heavy atom. The third-order valence-electron chi connectivity index (χ3n) is 3.26. The second kappa shape index (κ2) is 10.1. The van der Waals surface area contributed by atoms with E-state index in [1.807, 2.05) is 0 Å². The average Bonchev–Trinajstić information content (AvgIpc) is 2.60. The average molecular weight is 457 g/mol. The standard InChI is InChI=1S/C14H13N2O9P.2ClH/c1-23-13-7-9(3-5-11(13)15(17)18)25-26(21,22)10-4-6-12(16(19)20)14(8-10)24-2;;/h3-8H,1-2H3,(H,21,22);2*1H. The molecule has 0 saturated carbocycles. The first-order valence-corrected chi connectivity index (χ1v) is 8.45. The Morgan fingerprint density at radius 1 is 0.893 bits per heavy atom. The molecule has 0 bridgehead atoms. The lowest BCUT2D eigenvalue weighted by atomic mass is 10.3. The van der Waals surface area contributed by atoms with Gasteiger partial charge in [-0.2, -0.15) is 0 Å². The Hall–Kier alpha value is -2.59. The second-order valence-electron chi connectivity index (χ2n) is 4.82. The van der Waals surface area contributed by atoms with Gasteiger partial charge in [-0.05, 0) is 12.1 Å². The summed E-state index contributed by atoms with van der Waals surface area (Å²) >= 11 is 0. The van der Waals surface area contributed by atoms with Crippen LogP contribution < -0.4 is 19.3 Å². The molecule has 0 spiro atoms. The van der Waals surface area contributed by atoms with E-state index in [4.69, 9.17) is 14.0 Å². The van der Waals surface area contributed by atoms with Gasteiger partial charge in [-0.3, -0.25) is 20.2 Å². The van der Waals surface area contributed by atoms with Gasteiger partial charge in [0, 0.05) is 24.3 Å². The maximum Gasteiger partial charge on any atom is 0.408 e. The maximum absolute atomic E-state index is 12.5. The minimum atomic E-state index is -4.45. The fraction of sp³-hybridized carbons (Fsp3) is 0.143. The number of nitro groups is 2. The van der Waals surface area contributed by atoms with Crippen molar-refractivity contribution in [1.29, 1.82) is 0 Å². The van der Waals surface area contributed by atoms with Crippen LogP contribution in [0.25, 0.3) is 0 Å². The van der Waals surface area contributed by atoms with Crippen LogP contribution in [0.3, 0.4) is 0 Å². The van der Waals surface area contributed by atoms with E-state index in [2.05, 4.69) is 0 Å². The van der Waals surface area contributed by atoms with Gasteiger partial charge in [-0.1, -0.05) is 0 Å². The van der Waals surface area contributed by atoms with Gasteiger partial charge < -0.3 is 18.9 Å². The number of nitrogens with zero attached hydrogens (tertiary/aromatic N) is 2. The van der Waals surface area contributed by atoms with Crippen LogP contribution in [0, 0.1) is 20.2 Å². The first kappa shape index (κ1) is 25.4. The number of hydrogen-bond acceptors (Lipinski definition) is 8. The number of nitro benzene ring substituents is 2. The van der Waals surface area contributed by atoms with Crippen molar-refractivity contribution in [3.05, 3.63) is 56.6 Å². The minimum Gasteiger partial charge on any atom is -0.490 e. The molecule has 14 heteroatoms. The molecule has 2 rings (SSSR count). The zero-order valence-corrected chi connectivity index (χ0v) is 16.9. The van der Waals surface area contributed by atoms with E-state index in [0.29, 0.717) is 0 Å². The lowest BCUT2D eigenvalue weighted by molar-refractivity contribution is -0.385. The van der Waals surface area contributed by atoms with Crippen LogP contribution in [0.1, 0.15) is 0 Å². The number of methoxy groups -OCH3 is 2. The largest absolute Gasteiger partial charge is 0.490 e. The molecule has 0 aliphatic rings. The third kappa shape index (κ3) is 5.46. The van der Waals surface area contributed by atoms with E-state index < -0.39 is 17.4 Å². The van der Waals surface area contributed by atoms with Gasteiger partial charge in [-0.25, -0.2) is 4.57 Å². The SMILES string of the molecule is COc1cc(OP(=O)(O)c2ccc([N+](=O)[O-])c(OC)c2)ccc1[N+](=O)[O-].Cl.Cl. The van der Waals surface area contributed by atoms with Crippen molar-refractivity contribution in [3.63, 3.8) is 0 Å². The van der Waals surface area contributed by atoms with Crippen molar-refractivity contribution in [1.82, 2.24) is 0 Å². The second-order valence-corrected chi connectivity index (χ2v) is 6.56. The van der Waals surface area contributed by atoms with Gasteiger partial charge in [0.15, 0.2) is 5.75 Å². The number of rotatable bonds is 7. The summed E-state index contributed by atoms with van der Waals surface area (Å²) in [5, 5.41) is 21.5. The fourth-order valence-corrected chi connectivity index (χ4v) is 3.10. The zero-order valence-electron chi connectivity index (χ0n) is 14.3. The topological polar surface area (TPSA) is 151 Å². The Kier molecular flexibility index (Phi) is 9.16. The maximum atomic E-state index is 12.5. The van der Waals surface area contributed by atoms with Gasteiger partial charge in [0.2, 0.25) is 5.75 Å². The Bertz CT molecular complexity index is 926. The van der Waals surface area contributed by atoms with Crippen LogP contribution in [0.2, 0.25) is 0 Å². The van der Waals surface area contributed by atoms with Crippen molar-refractivity contribution >= 4 is 49.1 Å². The van der Waals surface area contributed by atoms with E-state index in [1.54, 1.807) is 0 Å². The first-order chi connectivity index (χ1) is 12.2. The Balaban J connectivity index is 0.00000364. The molecule has 1 N–H and O–H groups in total. The molecule has 0 radical (unpaired) electrons. The molecule has 2 aromatic carbocycles. The normalized spacial score (nSPS) is 11.8. The molecular weight excluding hydrogens is 442 g/mol. The summed E-state index contributed by atoms with van der Waals surface area (Å²) in [6.07, 6.45) is 0. The molecule has 0 amide bonds. The highest BCUT2D eigenvalue weighted by Gasteiger charge is 2.29. The van der Waals surface area contributed by atoms with Crippen molar-refractivity contribution in [2.75, 3.05) is 14.2 Å². The highest BCUT2D eigenvalue weighted by Crippen LogP contribution is 2.45. The third-order valence-corrected chi connectivity index (χ3v) is 4.65. The molecule has 154 valence electrons. The smallest absolute Gasteiger partial charge is 0.408 e. The van der Waals surface area contributed by atoms with E-state index in [-0.39, 0.29) is 58.7 Å². The highest BCUT2D eigenvalue weighted by molar-refractivity contribution is 7.61. The van der Waals surface area contributed by atoms with Crippen molar-refractivity contribution in [3.8, 4) is 17.2 Å².